The summed E-state index contributed by atoms with van der Waals surface area (Å²) < 4.78 is 13.0. The molecule has 0 atom stereocenters. The minimum absolute atomic E-state index is 0.199. The lowest BCUT2D eigenvalue weighted by Gasteiger charge is -2.04. The highest BCUT2D eigenvalue weighted by molar-refractivity contribution is 6.30. The van der Waals surface area contributed by atoms with Gasteiger partial charge in [-0.05, 0) is 42.3 Å². The van der Waals surface area contributed by atoms with Crippen molar-refractivity contribution >= 4 is 23.2 Å². The van der Waals surface area contributed by atoms with Crippen LogP contribution in [0.25, 0.3) is 0 Å². The molecule has 6 nitrogen and oxygen atoms in total. The van der Waals surface area contributed by atoms with Crippen LogP contribution in [0.4, 0.5) is 5.69 Å². The van der Waals surface area contributed by atoms with E-state index in [0.717, 1.165) is 13.0 Å². The highest BCUT2D eigenvalue weighted by Gasteiger charge is 2.13. The average molecular weight is 422 g/mol. The number of anilines is 1. The number of halogens is 1. The second kappa shape index (κ2) is 9.33. The van der Waals surface area contributed by atoms with Gasteiger partial charge in [-0.2, -0.15) is 5.10 Å². The van der Waals surface area contributed by atoms with Crippen molar-refractivity contribution in [3.8, 4) is 5.75 Å². The first-order chi connectivity index (χ1) is 14.7. The van der Waals surface area contributed by atoms with E-state index in [9.17, 15) is 4.79 Å². The van der Waals surface area contributed by atoms with Crippen LogP contribution in [-0.2, 0) is 19.6 Å². The third-order valence-corrected chi connectivity index (χ3v) is 4.66. The average Bonchev–Trinajstić information content (AvgIpc) is 3.41. The molecule has 0 aliphatic rings. The van der Waals surface area contributed by atoms with Gasteiger partial charge in [0.15, 0.2) is 5.76 Å². The van der Waals surface area contributed by atoms with Gasteiger partial charge in [0.1, 0.15) is 18.1 Å². The van der Waals surface area contributed by atoms with Crippen molar-refractivity contribution in [2.45, 2.75) is 19.6 Å². The van der Waals surface area contributed by atoms with Crippen molar-refractivity contribution in [2.24, 2.45) is 0 Å². The fourth-order valence-corrected chi connectivity index (χ4v) is 3.10. The van der Waals surface area contributed by atoms with E-state index < -0.39 is 0 Å². The minimum atomic E-state index is -0.341. The van der Waals surface area contributed by atoms with Crippen LogP contribution in [0, 0.1) is 0 Å². The predicted molar refractivity (Wildman–Crippen MR) is 115 cm³/mol. The lowest BCUT2D eigenvalue weighted by molar-refractivity contribution is 0.0992. The number of hydrogen-bond acceptors (Lipinski definition) is 4. The van der Waals surface area contributed by atoms with Gasteiger partial charge in [0.05, 0.1) is 11.9 Å². The van der Waals surface area contributed by atoms with Crippen molar-refractivity contribution in [2.75, 3.05) is 5.32 Å². The monoisotopic (exact) mass is 421 g/mol. The van der Waals surface area contributed by atoms with E-state index in [-0.39, 0.29) is 18.3 Å². The first kappa shape index (κ1) is 19.8. The standard InChI is InChI=1S/C23H20ClN3O3/c24-18-7-4-8-20(13-18)29-16-21-9-10-22(30-21)23(28)26-19-14-25-27(15-19)12-11-17-5-2-1-3-6-17/h1-10,13-15H,11-12,16H2,(H,26,28). The molecule has 7 heteroatoms. The lowest BCUT2D eigenvalue weighted by Crippen LogP contribution is -2.10. The lowest BCUT2D eigenvalue weighted by atomic mass is 10.1. The number of aryl methyl sites for hydroxylation is 2. The SMILES string of the molecule is O=C(Nc1cnn(CCc2ccccc2)c1)c1ccc(COc2cccc(Cl)c2)o1. The zero-order chi connectivity index (χ0) is 20.8. The third kappa shape index (κ3) is 5.30. The topological polar surface area (TPSA) is 69.3 Å². The molecule has 0 aliphatic carbocycles. The number of carbonyl (C=O) groups is 1. The molecule has 0 spiro atoms. The van der Waals surface area contributed by atoms with Crippen LogP contribution in [0.15, 0.2) is 83.5 Å². The van der Waals surface area contributed by atoms with Crippen molar-refractivity contribution in [3.05, 3.63) is 101 Å². The van der Waals surface area contributed by atoms with Crippen LogP contribution in [-0.4, -0.2) is 15.7 Å². The number of aromatic nitrogens is 2. The van der Waals surface area contributed by atoms with Gasteiger partial charge >= 0.3 is 0 Å². The largest absolute Gasteiger partial charge is 0.486 e. The van der Waals surface area contributed by atoms with Gasteiger partial charge in [-0.3, -0.25) is 9.48 Å². The normalized spacial score (nSPS) is 10.7. The third-order valence-electron chi connectivity index (χ3n) is 4.43. The molecule has 0 fully saturated rings. The molecule has 2 aromatic carbocycles. The summed E-state index contributed by atoms with van der Waals surface area (Å²) in [6.07, 6.45) is 4.28. The quantitative estimate of drug-likeness (QED) is 0.424. The predicted octanol–water partition coefficient (Wildman–Crippen LogP) is 5.20. The summed E-state index contributed by atoms with van der Waals surface area (Å²) in [7, 11) is 0. The summed E-state index contributed by atoms with van der Waals surface area (Å²) in [6, 6.07) is 20.6. The molecule has 1 amide bonds. The number of ether oxygens (including phenoxy) is 1. The van der Waals surface area contributed by atoms with Crippen molar-refractivity contribution in [3.63, 3.8) is 0 Å². The Hall–Kier alpha value is -3.51. The Morgan fingerprint density at radius 2 is 1.97 bits per heavy atom. The molecule has 2 heterocycles. The van der Waals surface area contributed by atoms with Crippen LogP contribution < -0.4 is 10.1 Å². The first-order valence-electron chi connectivity index (χ1n) is 9.50. The van der Waals surface area contributed by atoms with E-state index in [1.54, 1.807) is 53.5 Å². The van der Waals surface area contributed by atoms with Crippen molar-refractivity contribution in [1.82, 2.24) is 9.78 Å². The molecule has 2 aromatic heterocycles. The summed E-state index contributed by atoms with van der Waals surface area (Å²) in [6.45, 7) is 0.927. The first-order valence-corrected chi connectivity index (χ1v) is 9.88. The molecule has 30 heavy (non-hydrogen) atoms. The number of nitrogens with one attached hydrogen (secondary N) is 1. The second-order valence-electron chi connectivity index (χ2n) is 6.69. The molecule has 0 bridgehead atoms. The molecule has 4 rings (SSSR count). The van der Waals surface area contributed by atoms with E-state index in [4.69, 9.17) is 20.8 Å². The molecule has 0 saturated heterocycles. The maximum absolute atomic E-state index is 12.4. The molecule has 4 aromatic rings. The Morgan fingerprint density at radius 1 is 1.10 bits per heavy atom. The molecule has 152 valence electrons. The van der Waals surface area contributed by atoms with Gasteiger partial charge in [-0.15, -0.1) is 0 Å². The highest BCUT2D eigenvalue weighted by Crippen LogP contribution is 2.19. The van der Waals surface area contributed by atoms with Crippen molar-refractivity contribution < 1.29 is 13.9 Å². The minimum Gasteiger partial charge on any atom is -0.486 e. The molecule has 0 unspecified atom stereocenters. The fourth-order valence-electron chi connectivity index (χ4n) is 2.92. The number of furan rings is 1. The number of nitrogens with zero attached hydrogens (tertiary/aromatic N) is 2. The zero-order valence-corrected chi connectivity index (χ0v) is 16.9. The molecular formula is C23H20ClN3O3. The van der Waals surface area contributed by atoms with Gasteiger partial charge in [-0.25, -0.2) is 0 Å². The fraction of sp³-hybridized carbons (Fsp3) is 0.130. The van der Waals surface area contributed by atoms with Crippen LogP contribution in [0.5, 0.6) is 5.75 Å². The smallest absolute Gasteiger partial charge is 0.291 e. The Bertz CT molecular complexity index is 1120. The Labute approximate surface area is 179 Å². The highest BCUT2D eigenvalue weighted by atomic mass is 35.5. The van der Waals surface area contributed by atoms with E-state index >= 15 is 0 Å². The number of amides is 1. The Kier molecular flexibility index (Phi) is 6.15. The van der Waals surface area contributed by atoms with E-state index in [0.29, 0.717) is 22.2 Å². The van der Waals surface area contributed by atoms with Gasteiger partial charge in [0.25, 0.3) is 5.91 Å². The maximum Gasteiger partial charge on any atom is 0.291 e. The zero-order valence-electron chi connectivity index (χ0n) is 16.1. The van der Waals surface area contributed by atoms with E-state index in [1.807, 2.05) is 18.2 Å². The van der Waals surface area contributed by atoms with E-state index in [2.05, 4.69) is 22.5 Å². The van der Waals surface area contributed by atoms with Crippen LogP contribution in [0.2, 0.25) is 5.02 Å². The molecule has 0 saturated carbocycles. The van der Waals surface area contributed by atoms with Gasteiger partial charge in [0, 0.05) is 17.8 Å². The van der Waals surface area contributed by atoms with Crippen LogP contribution in [0.3, 0.4) is 0 Å². The Balaban J connectivity index is 1.29. The summed E-state index contributed by atoms with van der Waals surface area (Å²) in [5.41, 5.74) is 1.85. The molecule has 0 radical (unpaired) electrons. The van der Waals surface area contributed by atoms with Gasteiger partial charge in [-0.1, -0.05) is 48.0 Å². The maximum atomic E-state index is 12.4. The summed E-state index contributed by atoms with van der Waals surface area (Å²) in [5, 5.41) is 7.68. The number of rotatable bonds is 8. The number of carbonyl (C=O) groups excluding carboxylic acids is 1. The summed E-state index contributed by atoms with van der Waals surface area (Å²) in [5.74, 6) is 1.04. The second-order valence-corrected chi connectivity index (χ2v) is 7.13. The summed E-state index contributed by atoms with van der Waals surface area (Å²) in [4.78, 5) is 12.4. The van der Waals surface area contributed by atoms with Gasteiger partial charge in [0.2, 0.25) is 0 Å². The van der Waals surface area contributed by atoms with Gasteiger partial charge < -0.3 is 14.5 Å². The summed E-state index contributed by atoms with van der Waals surface area (Å²) >= 11 is 5.94. The van der Waals surface area contributed by atoms with Crippen LogP contribution in [0.1, 0.15) is 21.9 Å². The van der Waals surface area contributed by atoms with E-state index in [1.165, 1.54) is 5.56 Å². The Morgan fingerprint density at radius 3 is 2.80 bits per heavy atom. The van der Waals surface area contributed by atoms with Crippen LogP contribution >= 0.6 is 11.6 Å². The number of hydrogen-bond donors (Lipinski definition) is 1. The number of benzene rings is 2. The molecular weight excluding hydrogens is 402 g/mol. The molecule has 1 N–H and O–H groups in total. The van der Waals surface area contributed by atoms with Crippen molar-refractivity contribution in [1.29, 1.82) is 0 Å². The molecule has 0 aliphatic heterocycles.